The highest BCUT2D eigenvalue weighted by atomic mass is 16.5. The molecule has 2 heterocycles. The summed E-state index contributed by atoms with van der Waals surface area (Å²) in [6.07, 6.45) is 18.0. The first-order valence-corrected chi connectivity index (χ1v) is 15.1. The van der Waals surface area contributed by atoms with E-state index in [1.165, 1.54) is 81.6 Å². The maximum absolute atomic E-state index is 12.7. The summed E-state index contributed by atoms with van der Waals surface area (Å²) < 4.78 is 8.44. The zero-order valence-electron chi connectivity index (χ0n) is 24.9. The molecule has 0 aliphatic heterocycles. The van der Waals surface area contributed by atoms with Crippen LogP contribution in [0.2, 0.25) is 0 Å². The number of benzene rings is 1. The number of hydrazone groups is 1. The molecule has 0 amide bonds. The van der Waals surface area contributed by atoms with Gasteiger partial charge in [0.2, 0.25) is 5.95 Å². The molecule has 0 atom stereocenters. The van der Waals surface area contributed by atoms with Gasteiger partial charge in [-0.3, -0.25) is 14.3 Å². The monoisotopic (exact) mass is 552 g/mol. The maximum atomic E-state index is 12.7. The molecule has 0 aliphatic rings. The number of aryl methyl sites for hydroxylation is 2. The van der Waals surface area contributed by atoms with Crippen molar-refractivity contribution in [2.75, 3.05) is 12.5 Å². The molecular formula is C31H48N6O3. The molecule has 2 N–H and O–H groups in total. The molecule has 0 bridgehead atoms. The molecule has 1 aromatic carbocycles. The van der Waals surface area contributed by atoms with E-state index in [-0.39, 0.29) is 0 Å². The van der Waals surface area contributed by atoms with Crippen molar-refractivity contribution >= 4 is 22.8 Å². The number of anilines is 1. The minimum absolute atomic E-state index is 0.346. The van der Waals surface area contributed by atoms with E-state index in [4.69, 9.17) is 4.74 Å². The third-order valence-electron chi connectivity index (χ3n) is 7.57. The summed E-state index contributed by atoms with van der Waals surface area (Å²) in [7, 11) is 3.25. The Morgan fingerprint density at radius 3 is 2.00 bits per heavy atom. The van der Waals surface area contributed by atoms with Gasteiger partial charge in [-0.25, -0.2) is 10.2 Å². The number of nitrogens with one attached hydrogen (secondary N) is 2. The van der Waals surface area contributed by atoms with Crippen molar-refractivity contribution in [1.82, 2.24) is 19.1 Å². The van der Waals surface area contributed by atoms with Gasteiger partial charge in [0.15, 0.2) is 11.2 Å². The smallest absolute Gasteiger partial charge is 0.329 e. The zero-order valence-corrected chi connectivity index (χ0v) is 24.9. The number of unbranched alkanes of at least 4 members (excludes halogenated alkanes) is 13. The molecule has 0 radical (unpaired) electrons. The van der Waals surface area contributed by atoms with Crippen LogP contribution in [0.5, 0.6) is 5.75 Å². The van der Waals surface area contributed by atoms with Crippen LogP contribution in [0.15, 0.2) is 39.0 Å². The third kappa shape index (κ3) is 9.10. The number of aromatic nitrogens is 4. The van der Waals surface area contributed by atoms with Crippen LogP contribution in [0.1, 0.15) is 109 Å². The maximum Gasteiger partial charge on any atom is 0.329 e. The Kier molecular flexibility index (Phi) is 13.0. The van der Waals surface area contributed by atoms with E-state index in [0.29, 0.717) is 23.7 Å². The Morgan fingerprint density at radius 2 is 1.45 bits per heavy atom. The molecule has 9 nitrogen and oxygen atoms in total. The topological polar surface area (TPSA) is 106 Å². The second-order valence-electron chi connectivity index (χ2n) is 10.7. The number of nitrogens with zero attached hydrogens (tertiary/aromatic N) is 4. The SMILES string of the molecule is CCCCCCCCCCCCCCCCn1c(NN=C(C)c2ccc(OC)cc2)nc2c1c(=O)[nH]c(=O)n2C. The molecule has 2 aromatic heterocycles. The molecule has 0 unspecified atom stereocenters. The van der Waals surface area contributed by atoms with Gasteiger partial charge in [-0.2, -0.15) is 10.1 Å². The normalized spacial score (nSPS) is 11.8. The van der Waals surface area contributed by atoms with Gasteiger partial charge < -0.3 is 9.30 Å². The van der Waals surface area contributed by atoms with Crippen LogP contribution in [0.4, 0.5) is 5.95 Å². The Bertz CT molecular complexity index is 1320. The van der Waals surface area contributed by atoms with E-state index in [0.717, 1.165) is 29.9 Å². The Morgan fingerprint density at radius 1 is 0.900 bits per heavy atom. The predicted octanol–water partition coefficient (Wildman–Crippen LogP) is 6.75. The highest BCUT2D eigenvalue weighted by Crippen LogP contribution is 2.19. The standard InChI is InChI=1S/C31H48N6O3/c1-5-6-7-8-9-10-11-12-13-14-15-16-17-18-23-37-27-28(36(3)31(39)33-29(27)38)32-30(37)35-34-24(2)25-19-21-26(40-4)22-20-25/h19-22H,5-18,23H2,1-4H3,(H,32,35)(H,33,38,39). The number of hydrogen-bond donors (Lipinski definition) is 2. The average molecular weight is 553 g/mol. The molecule has 0 spiro atoms. The van der Waals surface area contributed by atoms with Crippen molar-refractivity contribution in [2.45, 2.75) is 110 Å². The molecule has 9 heteroatoms. The average Bonchev–Trinajstić information content (AvgIpc) is 3.34. The summed E-state index contributed by atoms with van der Waals surface area (Å²) in [4.78, 5) is 31.9. The summed E-state index contributed by atoms with van der Waals surface area (Å²) >= 11 is 0. The summed E-state index contributed by atoms with van der Waals surface area (Å²) in [5, 5.41) is 4.52. The van der Waals surface area contributed by atoms with Gasteiger partial charge in [0, 0.05) is 13.6 Å². The molecule has 220 valence electrons. The quantitative estimate of drug-likeness (QED) is 0.0972. The van der Waals surface area contributed by atoms with Gasteiger partial charge in [0.25, 0.3) is 5.56 Å². The minimum atomic E-state index is -0.483. The molecule has 3 aromatic rings. The van der Waals surface area contributed by atoms with Crippen molar-refractivity contribution in [3.63, 3.8) is 0 Å². The summed E-state index contributed by atoms with van der Waals surface area (Å²) in [6.45, 7) is 4.79. The Labute approximate surface area is 238 Å². The second kappa shape index (κ2) is 16.7. The van der Waals surface area contributed by atoms with E-state index in [1.54, 1.807) is 14.2 Å². The molecule has 3 rings (SSSR count). The molecule has 0 saturated heterocycles. The van der Waals surface area contributed by atoms with Crippen molar-refractivity contribution in [1.29, 1.82) is 0 Å². The highest BCUT2D eigenvalue weighted by Gasteiger charge is 2.17. The first-order chi connectivity index (χ1) is 19.5. The van der Waals surface area contributed by atoms with Gasteiger partial charge in [0.05, 0.1) is 12.8 Å². The van der Waals surface area contributed by atoms with Gasteiger partial charge >= 0.3 is 5.69 Å². The lowest BCUT2D eigenvalue weighted by atomic mass is 10.0. The summed E-state index contributed by atoms with van der Waals surface area (Å²) in [6, 6.07) is 7.64. The first-order valence-electron chi connectivity index (χ1n) is 15.1. The lowest BCUT2D eigenvalue weighted by Crippen LogP contribution is -2.29. The number of methoxy groups -OCH3 is 1. The predicted molar refractivity (Wildman–Crippen MR) is 165 cm³/mol. The fraction of sp³-hybridized carbons (Fsp3) is 0.613. The van der Waals surface area contributed by atoms with Gasteiger partial charge in [-0.15, -0.1) is 0 Å². The van der Waals surface area contributed by atoms with E-state index < -0.39 is 11.2 Å². The number of imidazole rings is 1. The third-order valence-corrected chi connectivity index (χ3v) is 7.57. The highest BCUT2D eigenvalue weighted by molar-refractivity contribution is 5.99. The lowest BCUT2D eigenvalue weighted by Gasteiger charge is -2.09. The number of hydrogen-bond acceptors (Lipinski definition) is 6. The number of H-pyrrole nitrogens is 1. The van der Waals surface area contributed by atoms with Gasteiger partial charge in [0.1, 0.15) is 5.75 Å². The van der Waals surface area contributed by atoms with Gasteiger partial charge in [-0.05, 0) is 43.2 Å². The van der Waals surface area contributed by atoms with Crippen molar-refractivity contribution in [3.8, 4) is 5.75 Å². The Hall–Kier alpha value is -3.36. The largest absolute Gasteiger partial charge is 0.497 e. The van der Waals surface area contributed by atoms with Crippen molar-refractivity contribution < 1.29 is 4.74 Å². The fourth-order valence-electron chi connectivity index (χ4n) is 5.03. The van der Waals surface area contributed by atoms with Crippen LogP contribution in [-0.2, 0) is 13.6 Å². The fourth-order valence-corrected chi connectivity index (χ4v) is 5.03. The summed E-state index contributed by atoms with van der Waals surface area (Å²) in [5.74, 6) is 1.23. The number of fused-ring (bicyclic) bond motifs is 1. The number of rotatable bonds is 19. The van der Waals surface area contributed by atoms with Crippen LogP contribution in [-0.4, -0.2) is 31.9 Å². The second-order valence-corrected chi connectivity index (χ2v) is 10.7. The van der Waals surface area contributed by atoms with Crippen LogP contribution in [0.3, 0.4) is 0 Å². The van der Waals surface area contributed by atoms with Crippen LogP contribution >= 0.6 is 0 Å². The van der Waals surface area contributed by atoms with Gasteiger partial charge in [-0.1, -0.05) is 90.4 Å². The van der Waals surface area contributed by atoms with E-state index in [9.17, 15) is 9.59 Å². The molecule has 0 fully saturated rings. The van der Waals surface area contributed by atoms with E-state index in [2.05, 4.69) is 27.4 Å². The molecule has 0 saturated carbocycles. The molecule has 40 heavy (non-hydrogen) atoms. The number of aromatic amines is 1. The van der Waals surface area contributed by atoms with Crippen molar-refractivity contribution in [2.24, 2.45) is 12.1 Å². The van der Waals surface area contributed by atoms with E-state index in [1.807, 2.05) is 35.8 Å². The van der Waals surface area contributed by atoms with E-state index >= 15 is 0 Å². The minimum Gasteiger partial charge on any atom is -0.497 e. The number of ether oxygens (including phenoxy) is 1. The lowest BCUT2D eigenvalue weighted by molar-refractivity contribution is 0.415. The Balaban J connectivity index is 1.53. The van der Waals surface area contributed by atoms with Crippen LogP contribution < -0.4 is 21.4 Å². The van der Waals surface area contributed by atoms with Crippen LogP contribution in [0.25, 0.3) is 11.2 Å². The van der Waals surface area contributed by atoms with Crippen molar-refractivity contribution in [3.05, 3.63) is 50.7 Å². The summed E-state index contributed by atoms with van der Waals surface area (Å²) in [5.41, 5.74) is 4.56. The van der Waals surface area contributed by atoms with Crippen LogP contribution in [0, 0.1) is 0 Å². The first kappa shape index (κ1) is 31.2. The zero-order chi connectivity index (χ0) is 28.7. The molecular weight excluding hydrogens is 504 g/mol. The molecule has 0 aliphatic carbocycles.